The fourth-order valence-electron chi connectivity index (χ4n) is 0.733. The van der Waals surface area contributed by atoms with Crippen LogP contribution in [0.15, 0.2) is 0 Å². The van der Waals surface area contributed by atoms with Gasteiger partial charge in [-0.05, 0) is 20.8 Å². The van der Waals surface area contributed by atoms with E-state index in [2.05, 4.69) is 10.1 Å². The maximum atomic E-state index is 11.2. The maximum absolute atomic E-state index is 11.2. The van der Waals surface area contributed by atoms with Crippen LogP contribution < -0.4 is 16.2 Å². The number of rotatable bonds is 2. The van der Waals surface area contributed by atoms with Gasteiger partial charge >= 0.3 is 18.1 Å². The van der Waals surface area contributed by atoms with Crippen LogP contribution in [0.25, 0.3) is 0 Å². The zero-order chi connectivity index (χ0) is 13.5. The molecule has 0 aromatic heterocycles. The molecule has 0 bridgehead atoms. The third kappa shape index (κ3) is 8.97. The smallest absolute Gasteiger partial charge is 0.425 e. The van der Waals surface area contributed by atoms with Crippen molar-refractivity contribution in [2.75, 3.05) is 13.7 Å². The van der Waals surface area contributed by atoms with Gasteiger partial charge in [-0.25, -0.2) is 20.4 Å². The molecule has 0 aromatic rings. The third-order valence-corrected chi connectivity index (χ3v) is 1.28. The first-order chi connectivity index (χ1) is 7.74. The summed E-state index contributed by atoms with van der Waals surface area (Å²) in [6.07, 6.45) is -0.822. The van der Waals surface area contributed by atoms with Gasteiger partial charge in [0.15, 0.2) is 0 Å². The van der Waals surface area contributed by atoms with Gasteiger partial charge in [0.2, 0.25) is 0 Å². The number of nitrogens with one attached hydrogen (secondary N) is 3. The number of urea groups is 1. The van der Waals surface area contributed by atoms with Crippen molar-refractivity contribution in [1.82, 2.24) is 16.2 Å². The number of hydrogen-bond acceptors (Lipinski definition) is 5. The Morgan fingerprint density at radius 3 is 2.18 bits per heavy atom. The van der Waals surface area contributed by atoms with Gasteiger partial charge in [-0.3, -0.25) is 4.79 Å². The van der Waals surface area contributed by atoms with E-state index in [9.17, 15) is 14.4 Å². The molecule has 8 nitrogen and oxygen atoms in total. The van der Waals surface area contributed by atoms with Crippen LogP contribution in [-0.4, -0.2) is 37.3 Å². The number of amides is 3. The topological polar surface area (TPSA) is 106 Å². The van der Waals surface area contributed by atoms with Crippen molar-refractivity contribution >= 4 is 18.1 Å². The Hall–Kier alpha value is -1.99. The number of esters is 1. The average Bonchev–Trinajstić information content (AvgIpc) is 2.20. The number of hydrogen-bond donors (Lipinski definition) is 3. The van der Waals surface area contributed by atoms with Gasteiger partial charge in [-0.1, -0.05) is 0 Å². The van der Waals surface area contributed by atoms with Crippen LogP contribution in [0.5, 0.6) is 0 Å². The van der Waals surface area contributed by atoms with Gasteiger partial charge in [0.25, 0.3) is 0 Å². The molecule has 8 heteroatoms. The van der Waals surface area contributed by atoms with Crippen molar-refractivity contribution < 1.29 is 23.9 Å². The zero-order valence-corrected chi connectivity index (χ0v) is 10.2. The highest BCUT2D eigenvalue weighted by atomic mass is 16.6. The lowest BCUT2D eigenvalue weighted by Gasteiger charge is -2.19. The molecule has 0 saturated heterocycles. The number of carbonyl (C=O) groups excluding carboxylic acids is 3. The number of hydrazine groups is 1. The van der Waals surface area contributed by atoms with Crippen molar-refractivity contribution in [3.05, 3.63) is 0 Å². The molecule has 0 aliphatic carbocycles. The predicted molar refractivity (Wildman–Crippen MR) is 57.9 cm³/mol. The second-order valence-corrected chi connectivity index (χ2v) is 4.01. The lowest BCUT2D eigenvalue weighted by atomic mass is 10.2. The number of methoxy groups -OCH3 is 1. The molecule has 17 heavy (non-hydrogen) atoms. The summed E-state index contributed by atoms with van der Waals surface area (Å²) in [7, 11) is 1.15. The molecule has 3 amide bonds. The van der Waals surface area contributed by atoms with E-state index >= 15 is 0 Å². The Morgan fingerprint density at radius 1 is 1.12 bits per heavy atom. The molecule has 0 aliphatic rings. The molecule has 0 radical (unpaired) electrons. The summed E-state index contributed by atoms with van der Waals surface area (Å²) < 4.78 is 9.15. The van der Waals surface area contributed by atoms with E-state index in [4.69, 9.17) is 4.74 Å². The van der Waals surface area contributed by atoms with E-state index in [1.165, 1.54) is 0 Å². The average molecular weight is 247 g/mol. The molecule has 0 fully saturated rings. The highest BCUT2D eigenvalue weighted by Gasteiger charge is 2.16. The third-order valence-electron chi connectivity index (χ3n) is 1.28. The molecule has 0 aromatic carbocycles. The SMILES string of the molecule is COC(=O)NNC(=O)NCC(=O)OC(C)(C)C. The molecule has 98 valence electrons. The second-order valence-electron chi connectivity index (χ2n) is 4.01. The van der Waals surface area contributed by atoms with Gasteiger partial charge < -0.3 is 14.8 Å². The molecule has 0 unspecified atom stereocenters. The van der Waals surface area contributed by atoms with Crippen molar-refractivity contribution in [3.63, 3.8) is 0 Å². The summed E-state index contributed by atoms with van der Waals surface area (Å²) >= 11 is 0. The van der Waals surface area contributed by atoms with Crippen LogP contribution >= 0.6 is 0 Å². The summed E-state index contributed by atoms with van der Waals surface area (Å²) in [6.45, 7) is 4.84. The first-order valence-corrected chi connectivity index (χ1v) is 4.84. The molecular formula is C9H17N3O5. The highest BCUT2D eigenvalue weighted by Crippen LogP contribution is 2.05. The van der Waals surface area contributed by atoms with Crippen molar-refractivity contribution in [2.24, 2.45) is 0 Å². The molecule has 0 aliphatic heterocycles. The van der Waals surface area contributed by atoms with E-state index in [-0.39, 0.29) is 6.54 Å². The van der Waals surface area contributed by atoms with Gasteiger partial charge in [0, 0.05) is 0 Å². The van der Waals surface area contributed by atoms with Gasteiger partial charge in [0.05, 0.1) is 7.11 Å². The first kappa shape index (κ1) is 15.0. The Morgan fingerprint density at radius 2 is 1.71 bits per heavy atom. The lowest BCUT2D eigenvalue weighted by Crippen LogP contribution is -2.48. The minimum atomic E-state index is -0.822. The van der Waals surface area contributed by atoms with E-state index < -0.39 is 23.7 Å². The Kier molecular flexibility index (Phi) is 5.79. The van der Waals surface area contributed by atoms with E-state index in [0.717, 1.165) is 7.11 Å². The monoisotopic (exact) mass is 247 g/mol. The first-order valence-electron chi connectivity index (χ1n) is 4.84. The molecule has 0 heterocycles. The van der Waals surface area contributed by atoms with Crippen molar-refractivity contribution in [3.8, 4) is 0 Å². The van der Waals surface area contributed by atoms with Crippen LogP contribution in [0.3, 0.4) is 0 Å². The largest absolute Gasteiger partial charge is 0.459 e. The van der Waals surface area contributed by atoms with Crippen LogP contribution in [0.4, 0.5) is 9.59 Å². The van der Waals surface area contributed by atoms with Crippen LogP contribution in [0.2, 0.25) is 0 Å². The summed E-state index contributed by atoms with van der Waals surface area (Å²) in [4.78, 5) is 32.8. The standard InChI is InChI=1S/C9H17N3O5/c1-9(2,3)17-6(13)5-10-7(14)11-12-8(15)16-4/h5H2,1-4H3,(H,12,15)(H2,10,11,14). The highest BCUT2D eigenvalue weighted by molar-refractivity contribution is 5.82. The molecule has 0 atom stereocenters. The summed E-state index contributed by atoms with van der Waals surface area (Å²) in [6, 6.07) is -0.749. The van der Waals surface area contributed by atoms with E-state index in [1.807, 2.05) is 10.9 Å². The Labute approximate surface area is 99.0 Å². The minimum Gasteiger partial charge on any atom is -0.459 e. The second kappa shape index (κ2) is 6.56. The zero-order valence-electron chi connectivity index (χ0n) is 10.2. The number of carbonyl (C=O) groups is 3. The van der Waals surface area contributed by atoms with Crippen LogP contribution in [0.1, 0.15) is 20.8 Å². The number of ether oxygens (including phenoxy) is 2. The maximum Gasteiger partial charge on any atom is 0.425 e. The van der Waals surface area contributed by atoms with Gasteiger partial charge in [0.1, 0.15) is 12.1 Å². The van der Waals surface area contributed by atoms with E-state index in [0.29, 0.717) is 0 Å². The molecule has 0 spiro atoms. The molecular weight excluding hydrogens is 230 g/mol. The van der Waals surface area contributed by atoms with Crippen LogP contribution in [-0.2, 0) is 14.3 Å². The van der Waals surface area contributed by atoms with Gasteiger partial charge in [-0.2, -0.15) is 0 Å². The lowest BCUT2D eigenvalue weighted by molar-refractivity contribution is -0.153. The normalized spacial score (nSPS) is 10.1. The minimum absolute atomic E-state index is 0.300. The fraction of sp³-hybridized carbons (Fsp3) is 0.667. The van der Waals surface area contributed by atoms with Crippen molar-refractivity contribution in [2.45, 2.75) is 26.4 Å². The summed E-state index contributed by atoms with van der Waals surface area (Å²) in [5, 5.41) is 2.19. The molecule has 0 saturated carbocycles. The van der Waals surface area contributed by atoms with Crippen LogP contribution in [0, 0.1) is 0 Å². The fourth-order valence-corrected chi connectivity index (χ4v) is 0.733. The molecule has 0 rings (SSSR count). The molecule has 3 N–H and O–H groups in total. The summed E-state index contributed by atoms with van der Waals surface area (Å²) in [5.41, 5.74) is 3.29. The van der Waals surface area contributed by atoms with Crippen molar-refractivity contribution in [1.29, 1.82) is 0 Å². The summed E-state index contributed by atoms with van der Waals surface area (Å²) in [5.74, 6) is -0.578. The Balaban J connectivity index is 3.77. The predicted octanol–water partition coefficient (Wildman–Crippen LogP) is -0.102. The van der Waals surface area contributed by atoms with E-state index in [1.54, 1.807) is 20.8 Å². The quantitative estimate of drug-likeness (QED) is 0.466. The Bertz CT molecular complexity index is 297. The van der Waals surface area contributed by atoms with Gasteiger partial charge in [-0.15, -0.1) is 0 Å².